The van der Waals surface area contributed by atoms with E-state index in [1.54, 1.807) is 11.8 Å². The van der Waals surface area contributed by atoms with E-state index in [2.05, 4.69) is 5.32 Å². The average Bonchev–Trinajstić information content (AvgIpc) is 2.52. The van der Waals surface area contributed by atoms with Gasteiger partial charge in [-0.25, -0.2) is 4.79 Å². The number of aliphatic hydroxyl groups is 1. The second-order valence-electron chi connectivity index (χ2n) is 7.13. The highest BCUT2D eigenvalue weighted by Crippen LogP contribution is 2.18. The first-order valence-electron chi connectivity index (χ1n) is 8.37. The Morgan fingerprint density at radius 1 is 1.38 bits per heavy atom. The summed E-state index contributed by atoms with van der Waals surface area (Å²) in [5.41, 5.74) is 0.369. The summed E-state index contributed by atoms with van der Waals surface area (Å²) < 4.78 is 11.2. The molecule has 0 aliphatic carbocycles. The Morgan fingerprint density at radius 3 is 2.62 bits per heavy atom. The van der Waals surface area contributed by atoms with E-state index in [1.807, 2.05) is 45.0 Å². The number of carbonyl (C=O) groups is 1. The van der Waals surface area contributed by atoms with Crippen molar-refractivity contribution in [3.8, 4) is 5.75 Å². The van der Waals surface area contributed by atoms with Gasteiger partial charge < -0.3 is 24.8 Å². The Bertz CT molecular complexity index is 537. The maximum Gasteiger partial charge on any atom is 0.410 e. The molecule has 1 heterocycles. The summed E-state index contributed by atoms with van der Waals surface area (Å²) in [7, 11) is 0. The van der Waals surface area contributed by atoms with E-state index in [0.29, 0.717) is 26.2 Å². The maximum absolute atomic E-state index is 12.1. The molecule has 0 saturated carbocycles. The predicted octanol–water partition coefficient (Wildman–Crippen LogP) is 2.33. The second-order valence-corrected chi connectivity index (χ2v) is 7.13. The summed E-state index contributed by atoms with van der Waals surface area (Å²) >= 11 is 0. The Kier molecular flexibility index (Phi) is 6.07. The van der Waals surface area contributed by atoms with Crippen LogP contribution in [0, 0.1) is 0 Å². The van der Waals surface area contributed by atoms with Crippen molar-refractivity contribution in [3.05, 3.63) is 29.8 Å². The van der Waals surface area contributed by atoms with Gasteiger partial charge in [-0.15, -0.1) is 0 Å². The number of rotatable bonds is 4. The van der Waals surface area contributed by atoms with Crippen molar-refractivity contribution in [2.45, 2.75) is 45.4 Å². The molecule has 1 unspecified atom stereocenters. The quantitative estimate of drug-likeness (QED) is 0.883. The van der Waals surface area contributed by atoms with Crippen LogP contribution in [0.2, 0.25) is 0 Å². The number of benzene rings is 1. The minimum atomic E-state index is -0.487. The molecule has 134 valence electrons. The molecule has 0 aromatic heterocycles. The molecular formula is C18H28N2O4. The van der Waals surface area contributed by atoms with Crippen LogP contribution in [-0.2, 0) is 4.74 Å². The summed E-state index contributed by atoms with van der Waals surface area (Å²) in [6.45, 7) is 9.70. The molecular weight excluding hydrogens is 308 g/mol. The van der Waals surface area contributed by atoms with E-state index < -0.39 is 11.7 Å². The van der Waals surface area contributed by atoms with Gasteiger partial charge >= 0.3 is 6.09 Å². The summed E-state index contributed by atoms with van der Waals surface area (Å²) in [5, 5.41) is 12.9. The van der Waals surface area contributed by atoms with Gasteiger partial charge in [-0.2, -0.15) is 0 Å². The Balaban J connectivity index is 1.83. The van der Waals surface area contributed by atoms with Crippen LogP contribution >= 0.6 is 0 Å². The highest BCUT2D eigenvalue weighted by atomic mass is 16.6. The molecule has 1 aromatic rings. The van der Waals surface area contributed by atoms with Crippen molar-refractivity contribution in [1.29, 1.82) is 0 Å². The first-order chi connectivity index (χ1) is 11.2. The number of nitrogens with one attached hydrogen (secondary N) is 1. The topological polar surface area (TPSA) is 71.0 Å². The van der Waals surface area contributed by atoms with Crippen LogP contribution in [0.25, 0.3) is 0 Å². The fraction of sp³-hybridized carbons (Fsp3) is 0.611. The van der Waals surface area contributed by atoms with Crippen molar-refractivity contribution in [1.82, 2.24) is 10.2 Å². The number of aliphatic hydroxyl groups excluding tert-OH is 1. The fourth-order valence-electron chi connectivity index (χ4n) is 2.47. The lowest BCUT2D eigenvalue weighted by molar-refractivity contribution is 0.0178. The molecule has 2 rings (SSSR count). The first-order valence-corrected chi connectivity index (χ1v) is 8.37. The molecule has 0 bridgehead atoms. The SMILES string of the molecule is CC(O)c1ccc(OC[C@@H]2CN(C(=O)OC(C)(C)C)CCN2)cc1. The van der Waals surface area contributed by atoms with Crippen LogP contribution in [0.4, 0.5) is 4.79 Å². The average molecular weight is 336 g/mol. The maximum atomic E-state index is 12.1. The minimum Gasteiger partial charge on any atom is -0.492 e. The molecule has 1 fully saturated rings. The van der Waals surface area contributed by atoms with Gasteiger partial charge in [0.2, 0.25) is 0 Å². The highest BCUT2D eigenvalue weighted by molar-refractivity contribution is 5.68. The van der Waals surface area contributed by atoms with Crippen molar-refractivity contribution in [2.75, 3.05) is 26.2 Å². The Hall–Kier alpha value is -1.79. The van der Waals surface area contributed by atoms with Crippen LogP contribution in [0.15, 0.2) is 24.3 Å². The number of piperazine rings is 1. The van der Waals surface area contributed by atoms with Crippen molar-refractivity contribution < 1.29 is 19.4 Å². The highest BCUT2D eigenvalue weighted by Gasteiger charge is 2.27. The molecule has 6 nitrogen and oxygen atoms in total. The van der Waals surface area contributed by atoms with Crippen molar-refractivity contribution in [2.24, 2.45) is 0 Å². The summed E-state index contributed by atoms with van der Waals surface area (Å²) in [5.74, 6) is 0.746. The standard InChI is InChI=1S/C18H28N2O4/c1-13(21)14-5-7-16(8-6-14)23-12-15-11-20(10-9-19-15)17(22)24-18(2,3)4/h5-8,13,15,19,21H,9-12H2,1-4H3/t13?,15-/m0/s1. The molecule has 0 spiro atoms. The molecule has 1 aliphatic rings. The number of carbonyl (C=O) groups excluding carboxylic acids is 1. The Labute approximate surface area is 143 Å². The van der Waals surface area contributed by atoms with Crippen molar-refractivity contribution in [3.63, 3.8) is 0 Å². The number of amides is 1. The van der Waals surface area contributed by atoms with Crippen molar-refractivity contribution >= 4 is 6.09 Å². The van der Waals surface area contributed by atoms with Crippen LogP contribution in [-0.4, -0.2) is 54.0 Å². The van der Waals surface area contributed by atoms with Gasteiger partial charge in [-0.3, -0.25) is 0 Å². The molecule has 1 amide bonds. The van der Waals surface area contributed by atoms with E-state index in [4.69, 9.17) is 9.47 Å². The molecule has 24 heavy (non-hydrogen) atoms. The van der Waals surface area contributed by atoms with Gasteiger partial charge in [0.05, 0.1) is 12.1 Å². The zero-order valence-corrected chi connectivity index (χ0v) is 14.9. The third kappa shape index (κ3) is 5.69. The molecule has 1 saturated heterocycles. The lowest BCUT2D eigenvalue weighted by Crippen LogP contribution is -2.55. The van der Waals surface area contributed by atoms with Gasteiger partial charge in [0, 0.05) is 19.6 Å². The number of nitrogens with zero attached hydrogens (tertiary/aromatic N) is 1. The smallest absolute Gasteiger partial charge is 0.410 e. The van der Waals surface area contributed by atoms with E-state index >= 15 is 0 Å². The minimum absolute atomic E-state index is 0.0581. The van der Waals surface area contributed by atoms with Gasteiger partial charge in [0.25, 0.3) is 0 Å². The van der Waals surface area contributed by atoms with Crippen LogP contribution in [0.3, 0.4) is 0 Å². The number of hydrogen-bond acceptors (Lipinski definition) is 5. The Morgan fingerprint density at radius 2 is 2.04 bits per heavy atom. The molecule has 0 radical (unpaired) electrons. The van der Waals surface area contributed by atoms with Gasteiger partial charge in [0.1, 0.15) is 18.0 Å². The van der Waals surface area contributed by atoms with Gasteiger partial charge in [-0.1, -0.05) is 12.1 Å². The first kappa shape index (κ1) is 18.5. The van der Waals surface area contributed by atoms with Crippen LogP contribution < -0.4 is 10.1 Å². The van der Waals surface area contributed by atoms with Crippen LogP contribution in [0.1, 0.15) is 39.4 Å². The fourth-order valence-corrected chi connectivity index (χ4v) is 2.47. The zero-order valence-electron chi connectivity index (χ0n) is 14.9. The normalized spacial score (nSPS) is 19.7. The third-order valence-electron chi connectivity index (χ3n) is 3.72. The largest absolute Gasteiger partial charge is 0.492 e. The molecule has 2 atom stereocenters. The summed E-state index contributed by atoms with van der Waals surface area (Å²) in [4.78, 5) is 13.9. The van der Waals surface area contributed by atoms with E-state index in [-0.39, 0.29) is 12.1 Å². The van der Waals surface area contributed by atoms with E-state index in [9.17, 15) is 9.90 Å². The van der Waals surface area contributed by atoms with Crippen LogP contribution in [0.5, 0.6) is 5.75 Å². The number of hydrogen-bond donors (Lipinski definition) is 2. The summed E-state index contributed by atoms with van der Waals surface area (Å²) in [6.07, 6.45) is -0.767. The molecule has 2 N–H and O–H groups in total. The molecule has 6 heteroatoms. The van der Waals surface area contributed by atoms with E-state index in [0.717, 1.165) is 11.3 Å². The van der Waals surface area contributed by atoms with Gasteiger partial charge in [0.15, 0.2) is 0 Å². The molecule has 1 aliphatic heterocycles. The summed E-state index contributed by atoms with van der Waals surface area (Å²) in [6, 6.07) is 7.44. The monoisotopic (exact) mass is 336 g/mol. The van der Waals surface area contributed by atoms with E-state index in [1.165, 1.54) is 0 Å². The lowest BCUT2D eigenvalue weighted by Gasteiger charge is -2.34. The number of ether oxygens (including phenoxy) is 2. The second kappa shape index (κ2) is 7.85. The third-order valence-corrected chi connectivity index (χ3v) is 3.72. The van der Waals surface area contributed by atoms with Gasteiger partial charge in [-0.05, 0) is 45.4 Å². The lowest BCUT2D eigenvalue weighted by atomic mass is 10.1. The predicted molar refractivity (Wildman–Crippen MR) is 92.2 cm³/mol. The zero-order chi connectivity index (χ0) is 17.7. The molecule has 1 aromatic carbocycles.